The van der Waals surface area contributed by atoms with Gasteiger partial charge >= 0.3 is 0 Å². The highest BCUT2D eigenvalue weighted by Gasteiger charge is 2.11. The number of nitrogens with two attached hydrogens (primary N) is 1. The summed E-state index contributed by atoms with van der Waals surface area (Å²) in [6.45, 7) is 6.53. The third-order valence-corrected chi connectivity index (χ3v) is 4.01. The number of benzene rings is 1. The van der Waals surface area contributed by atoms with Gasteiger partial charge in [0, 0.05) is 5.02 Å². The number of hydrogen-bond acceptors (Lipinski definition) is 6. The van der Waals surface area contributed by atoms with Crippen LogP contribution in [0.5, 0.6) is 5.75 Å². The van der Waals surface area contributed by atoms with Crippen LogP contribution in [0.25, 0.3) is 0 Å². The highest BCUT2D eigenvalue weighted by Crippen LogP contribution is 2.32. The predicted octanol–water partition coefficient (Wildman–Crippen LogP) is 3.49. The fraction of sp³-hybridized carbons (Fsp3) is 0.385. The fourth-order valence-corrected chi connectivity index (χ4v) is 2.78. The number of anilines is 1. The summed E-state index contributed by atoms with van der Waals surface area (Å²) in [5, 5.41) is 9.95. The molecule has 3 N–H and O–H groups in total. The first-order chi connectivity index (χ1) is 9.51. The number of nitrogen functional groups attached to an aromatic ring is 1. The number of rotatable bonds is 5. The summed E-state index contributed by atoms with van der Waals surface area (Å²) in [5.41, 5.74) is 4.54. The van der Waals surface area contributed by atoms with Crippen molar-refractivity contribution in [2.24, 2.45) is 5.84 Å². The van der Waals surface area contributed by atoms with Gasteiger partial charge in [-0.2, -0.15) is 0 Å². The lowest BCUT2D eigenvalue weighted by Gasteiger charge is -2.14. The van der Waals surface area contributed by atoms with Crippen molar-refractivity contribution in [1.29, 1.82) is 0 Å². The van der Waals surface area contributed by atoms with Crippen LogP contribution in [0.2, 0.25) is 5.02 Å². The molecule has 0 aliphatic carbocycles. The lowest BCUT2D eigenvalue weighted by Crippen LogP contribution is -2.05. The van der Waals surface area contributed by atoms with Gasteiger partial charge < -0.3 is 4.74 Å². The Balaban J connectivity index is 2.14. The minimum absolute atomic E-state index is 0.347. The molecule has 20 heavy (non-hydrogen) atoms. The van der Waals surface area contributed by atoms with Crippen LogP contribution in [-0.2, 0) is 6.61 Å². The van der Waals surface area contributed by atoms with Gasteiger partial charge in [-0.25, -0.2) is 5.84 Å². The zero-order valence-corrected chi connectivity index (χ0v) is 13.2. The van der Waals surface area contributed by atoms with Gasteiger partial charge in [0.2, 0.25) is 5.13 Å². The molecule has 2 aromatic rings. The lowest BCUT2D eigenvalue weighted by atomic mass is 10.0. The maximum Gasteiger partial charge on any atom is 0.219 e. The quantitative estimate of drug-likeness (QED) is 0.653. The molecule has 0 unspecified atom stereocenters. The van der Waals surface area contributed by atoms with Crippen molar-refractivity contribution in [3.8, 4) is 5.75 Å². The van der Waals surface area contributed by atoms with Crippen LogP contribution in [0, 0.1) is 6.92 Å². The number of aromatic nitrogens is 2. The molecule has 1 aromatic carbocycles. The van der Waals surface area contributed by atoms with Gasteiger partial charge in [-0.05, 0) is 36.1 Å². The van der Waals surface area contributed by atoms with Crippen molar-refractivity contribution in [3.63, 3.8) is 0 Å². The Labute approximate surface area is 127 Å². The molecule has 2 rings (SSSR count). The zero-order chi connectivity index (χ0) is 14.7. The topological polar surface area (TPSA) is 73.1 Å². The first kappa shape index (κ1) is 15.0. The molecule has 0 spiro atoms. The van der Waals surface area contributed by atoms with Gasteiger partial charge in [0.1, 0.15) is 12.4 Å². The Kier molecular flexibility index (Phi) is 4.80. The van der Waals surface area contributed by atoms with E-state index in [0.717, 1.165) is 26.9 Å². The molecule has 0 aliphatic heterocycles. The summed E-state index contributed by atoms with van der Waals surface area (Å²) in [7, 11) is 0. The minimum Gasteiger partial charge on any atom is -0.486 e. The maximum atomic E-state index is 6.24. The van der Waals surface area contributed by atoms with Gasteiger partial charge in [0.15, 0.2) is 5.01 Å². The Morgan fingerprint density at radius 1 is 1.40 bits per heavy atom. The Hall–Kier alpha value is -1.37. The summed E-state index contributed by atoms with van der Waals surface area (Å²) < 4.78 is 5.81. The minimum atomic E-state index is 0.347. The normalized spacial score (nSPS) is 10.9. The second kappa shape index (κ2) is 6.39. The summed E-state index contributed by atoms with van der Waals surface area (Å²) in [5.74, 6) is 6.43. The number of hydrazine groups is 1. The maximum absolute atomic E-state index is 6.24. The van der Waals surface area contributed by atoms with Gasteiger partial charge in [-0.15, -0.1) is 10.2 Å². The van der Waals surface area contributed by atoms with E-state index in [1.165, 1.54) is 11.3 Å². The SMILES string of the molecule is Cc1cc(Cl)c(C(C)C)cc1OCc1nnc(NN)s1. The van der Waals surface area contributed by atoms with Gasteiger partial charge in [-0.3, -0.25) is 5.43 Å². The van der Waals surface area contributed by atoms with Gasteiger partial charge in [0.05, 0.1) is 0 Å². The van der Waals surface area contributed by atoms with E-state index in [2.05, 4.69) is 29.5 Å². The molecule has 1 aromatic heterocycles. The first-order valence-electron chi connectivity index (χ1n) is 6.23. The fourth-order valence-electron chi connectivity index (χ4n) is 1.78. The van der Waals surface area contributed by atoms with Crippen LogP contribution in [0.3, 0.4) is 0 Å². The molecule has 0 saturated carbocycles. The average Bonchev–Trinajstić information content (AvgIpc) is 2.85. The van der Waals surface area contributed by atoms with Crippen LogP contribution in [0.4, 0.5) is 5.13 Å². The third-order valence-electron chi connectivity index (χ3n) is 2.86. The predicted molar refractivity (Wildman–Crippen MR) is 82.3 cm³/mol. The second-order valence-corrected chi connectivity index (χ2v) is 6.20. The highest BCUT2D eigenvalue weighted by atomic mass is 35.5. The Morgan fingerprint density at radius 2 is 2.15 bits per heavy atom. The van der Waals surface area contributed by atoms with Crippen molar-refractivity contribution in [3.05, 3.63) is 33.3 Å². The first-order valence-corrected chi connectivity index (χ1v) is 7.42. The summed E-state index contributed by atoms with van der Waals surface area (Å²) in [6.07, 6.45) is 0. The zero-order valence-electron chi connectivity index (χ0n) is 11.6. The molecular formula is C13H17ClN4OS. The molecular weight excluding hydrogens is 296 g/mol. The number of nitrogens with one attached hydrogen (secondary N) is 1. The van der Waals surface area contributed by atoms with Crippen LogP contribution in [0.1, 0.15) is 35.9 Å². The molecule has 108 valence electrons. The number of ether oxygens (including phenoxy) is 1. The third kappa shape index (κ3) is 3.39. The molecule has 0 aliphatic rings. The monoisotopic (exact) mass is 312 g/mol. The van der Waals surface area contributed by atoms with Gasteiger partial charge in [-0.1, -0.05) is 36.8 Å². The van der Waals surface area contributed by atoms with E-state index in [4.69, 9.17) is 22.2 Å². The smallest absolute Gasteiger partial charge is 0.219 e. The summed E-state index contributed by atoms with van der Waals surface area (Å²) in [6, 6.07) is 3.92. The molecule has 0 atom stereocenters. The second-order valence-electron chi connectivity index (χ2n) is 4.73. The van der Waals surface area contributed by atoms with Crippen LogP contribution < -0.4 is 16.0 Å². The number of hydrogen-bond donors (Lipinski definition) is 2. The molecule has 0 fully saturated rings. The van der Waals surface area contributed by atoms with E-state index in [-0.39, 0.29) is 0 Å². The molecule has 0 bridgehead atoms. The largest absolute Gasteiger partial charge is 0.486 e. The number of halogens is 1. The molecule has 7 heteroatoms. The van der Waals surface area contributed by atoms with Gasteiger partial charge in [0.25, 0.3) is 0 Å². The Bertz CT molecular complexity index is 600. The van der Waals surface area contributed by atoms with E-state index in [1.54, 1.807) is 0 Å². The van der Waals surface area contributed by atoms with Crippen LogP contribution >= 0.6 is 22.9 Å². The van der Waals surface area contributed by atoms with Crippen molar-refractivity contribution in [2.75, 3.05) is 5.43 Å². The van der Waals surface area contributed by atoms with Crippen molar-refractivity contribution in [2.45, 2.75) is 33.3 Å². The van der Waals surface area contributed by atoms with E-state index < -0.39 is 0 Å². The summed E-state index contributed by atoms with van der Waals surface area (Å²) >= 11 is 7.60. The molecule has 1 heterocycles. The molecule has 0 saturated heterocycles. The molecule has 0 amide bonds. The van der Waals surface area contributed by atoms with Crippen molar-refractivity contribution < 1.29 is 4.74 Å². The summed E-state index contributed by atoms with van der Waals surface area (Å²) in [4.78, 5) is 0. The number of aryl methyl sites for hydroxylation is 1. The number of nitrogens with zero attached hydrogens (tertiary/aromatic N) is 2. The van der Waals surface area contributed by atoms with Crippen LogP contribution in [0.15, 0.2) is 12.1 Å². The van der Waals surface area contributed by atoms with E-state index in [1.807, 2.05) is 19.1 Å². The molecule has 0 radical (unpaired) electrons. The van der Waals surface area contributed by atoms with Crippen molar-refractivity contribution in [1.82, 2.24) is 10.2 Å². The van der Waals surface area contributed by atoms with E-state index in [9.17, 15) is 0 Å². The van der Waals surface area contributed by atoms with E-state index >= 15 is 0 Å². The standard InChI is InChI=1S/C13H17ClN4OS/c1-7(2)9-5-11(8(3)4-10(9)14)19-6-12-17-18-13(16-15)20-12/h4-5,7H,6,15H2,1-3H3,(H,16,18). The average molecular weight is 313 g/mol. The van der Waals surface area contributed by atoms with E-state index in [0.29, 0.717) is 17.7 Å². The highest BCUT2D eigenvalue weighted by molar-refractivity contribution is 7.15. The van der Waals surface area contributed by atoms with Crippen molar-refractivity contribution >= 4 is 28.1 Å². The Morgan fingerprint density at radius 3 is 2.75 bits per heavy atom. The molecule has 5 nitrogen and oxygen atoms in total. The lowest BCUT2D eigenvalue weighted by molar-refractivity contribution is 0.302. The van der Waals surface area contributed by atoms with Crippen LogP contribution in [-0.4, -0.2) is 10.2 Å².